The first kappa shape index (κ1) is 6.36. The number of nitrogens with zero attached hydrogens (tertiary/aromatic N) is 1. The van der Waals surface area contributed by atoms with Gasteiger partial charge >= 0.3 is 0 Å². The lowest BCUT2D eigenvalue weighted by atomic mass is 10.4. The largest absolute Gasteiger partial charge is 0.431 e. The predicted molar refractivity (Wildman–Crippen MR) is 36.2 cm³/mol. The number of hydrogen-bond acceptors (Lipinski definition) is 2. The van der Waals surface area contributed by atoms with Crippen molar-refractivity contribution in [2.45, 2.75) is 6.92 Å². The van der Waals surface area contributed by atoms with Crippen molar-refractivity contribution >= 4 is 17.7 Å². The zero-order chi connectivity index (χ0) is 6.69. The molecule has 0 radical (unpaired) electrons. The van der Waals surface area contributed by atoms with E-state index in [9.17, 15) is 0 Å². The van der Waals surface area contributed by atoms with E-state index in [-0.39, 0.29) is 0 Å². The van der Waals surface area contributed by atoms with Crippen molar-refractivity contribution in [1.29, 1.82) is 0 Å². The number of aromatic nitrogens is 1. The van der Waals surface area contributed by atoms with Crippen molar-refractivity contribution in [3.8, 4) is 0 Å². The van der Waals surface area contributed by atoms with Crippen LogP contribution < -0.4 is 0 Å². The molecule has 3 heteroatoms. The molecule has 0 fully saturated rings. The summed E-state index contributed by atoms with van der Waals surface area (Å²) in [5.41, 5.74) is 0.680. The Labute approximate surface area is 58.2 Å². The van der Waals surface area contributed by atoms with Gasteiger partial charge in [0, 0.05) is 0 Å². The number of allylic oxidation sites excluding steroid dienone is 1. The molecule has 0 spiro atoms. The van der Waals surface area contributed by atoms with Gasteiger partial charge in [0.05, 0.1) is 0 Å². The van der Waals surface area contributed by atoms with E-state index in [0.717, 1.165) is 0 Å². The molecule has 9 heavy (non-hydrogen) atoms. The Morgan fingerprint density at radius 1 is 1.78 bits per heavy atom. The van der Waals surface area contributed by atoms with E-state index >= 15 is 0 Å². The SMILES string of the molecule is C/C=C/c1ncoc1Cl. The highest BCUT2D eigenvalue weighted by Crippen LogP contribution is 2.13. The number of hydrogen-bond donors (Lipinski definition) is 0. The molecular formula is C6H6ClNO. The molecule has 0 aliphatic rings. The van der Waals surface area contributed by atoms with Gasteiger partial charge in [-0.2, -0.15) is 0 Å². The summed E-state index contributed by atoms with van der Waals surface area (Å²) in [7, 11) is 0. The smallest absolute Gasteiger partial charge is 0.220 e. The summed E-state index contributed by atoms with van der Waals surface area (Å²) >= 11 is 5.54. The average Bonchev–Trinajstić information content (AvgIpc) is 2.18. The van der Waals surface area contributed by atoms with Crippen molar-refractivity contribution in [2.24, 2.45) is 0 Å². The topological polar surface area (TPSA) is 26.0 Å². The molecule has 0 aliphatic heterocycles. The molecule has 48 valence electrons. The lowest BCUT2D eigenvalue weighted by Crippen LogP contribution is -1.67. The minimum Gasteiger partial charge on any atom is -0.431 e. The van der Waals surface area contributed by atoms with E-state index in [2.05, 4.69) is 4.98 Å². The van der Waals surface area contributed by atoms with Crippen LogP contribution in [0.4, 0.5) is 0 Å². The summed E-state index contributed by atoms with van der Waals surface area (Å²) in [5, 5.41) is 0.341. The van der Waals surface area contributed by atoms with Gasteiger partial charge in [0.25, 0.3) is 0 Å². The third-order valence-corrected chi connectivity index (χ3v) is 1.16. The molecule has 1 heterocycles. The third kappa shape index (κ3) is 1.33. The summed E-state index contributed by atoms with van der Waals surface area (Å²) in [6.07, 6.45) is 4.95. The van der Waals surface area contributed by atoms with Crippen LogP contribution in [-0.2, 0) is 0 Å². The monoisotopic (exact) mass is 143 g/mol. The third-order valence-electron chi connectivity index (χ3n) is 0.874. The first-order valence-corrected chi connectivity index (χ1v) is 2.94. The summed E-state index contributed by atoms with van der Waals surface area (Å²) in [5.74, 6) is 0. The lowest BCUT2D eigenvalue weighted by molar-refractivity contribution is 0.559. The fraction of sp³-hybridized carbons (Fsp3) is 0.167. The Balaban J connectivity index is 2.94. The van der Waals surface area contributed by atoms with Crippen LogP contribution >= 0.6 is 11.6 Å². The molecule has 1 rings (SSSR count). The van der Waals surface area contributed by atoms with Crippen LogP contribution in [0.15, 0.2) is 16.9 Å². The molecule has 0 saturated carbocycles. The minimum atomic E-state index is 0.341. The molecule has 0 aromatic carbocycles. The van der Waals surface area contributed by atoms with Gasteiger partial charge in [-0.15, -0.1) is 0 Å². The van der Waals surface area contributed by atoms with Crippen LogP contribution in [0.3, 0.4) is 0 Å². The van der Waals surface area contributed by atoms with Crippen molar-refractivity contribution in [3.63, 3.8) is 0 Å². The standard InChI is InChI=1S/C6H6ClNO/c1-2-3-5-6(7)9-4-8-5/h2-4H,1H3/b3-2+. The van der Waals surface area contributed by atoms with E-state index in [1.165, 1.54) is 6.39 Å². The van der Waals surface area contributed by atoms with Gasteiger partial charge in [0.1, 0.15) is 5.69 Å². The molecule has 1 aromatic heterocycles. The first-order valence-electron chi connectivity index (χ1n) is 2.56. The van der Waals surface area contributed by atoms with Crippen LogP contribution in [-0.4, -0.2) is 4.98 Å². The van der Waals surface area contributed by atoms with Gasteiger partial charge in [-0.25, -0.2) is 4.98 Å². The fourth-order valence-corrected chi connectivity index (χ4v) is 0.659. The summed E-state index contributed by atoms with van der Waals surface area (Å²) in [6, 6.07) is 0. The Kier molecular flexibility index (Phi) is 1.90. The van der Waals surface area contributed by atoms with Gasteiger partial charge in [-0.05, 0) is 24.6 Å². The van der Waals surface area contributed by atoms with Crippen LogP contribution in [0.1, 0.15) is 12.6 Å². The zero-order valence-corrected chi connectivity index (χ0v) is 5.72. The predicted octanol–water partition coefficient (Wildman–Crippen LogP) is 2.36. The fourth-order valence-electron chi connectivity index (χ4n) is 0.507. The van der Waals surface area contributed by atoms with Gasteiger partial charge in [-0.1, -0.05) is 6.08 Å². The van der Waals surface area contributed by atoms with Crippen LogP contribution in [0.25, 0.3) is 6.08 Å². The Morgan fingerprint density at radius 2 is 2.56 bits per heavy atom. The van der Waals surface area contributed by atoms with E-state index in [1.54, 1.807) is 6.08 Å². The minimum absolute atomic E-state index is 0.341. The number of oxazole rings is 1. The highest BCUT2D eigenvalue weighted by molar-refractivity contribution is 6.30. The Morgan fingerprint density at radius 3 is 3.00 bits per heavy atom. The molecule has 0 N–H and O–H groups in total. The summed E-state index contributed by atoms with van der Waals surface area (Å²) in [4.78, 5) is 3.82. The first-order chi connectivity index (χ1) is 4.34. The van der Waals surface area contributed by atoms with Gasteiger partial charge in [0.2, 0.25) is 5.22 Å². The average molecular weight is 144 g/mol. The van der Waals surface area contributed by atoms with Crippen molar-refractivity contribution in [3.05, 3.63) is 23.4 Å². The van der Waals surface area contributed by atoms with Crippen LogP contribution in [0.2, 0.25) is 5.22 Å². The molecule has 0 amide bonds. The van der Waals surface area contributed by atoms with Gasteiger partial charge in [-0.3, -0.25) is 0 Å². The number of rotatable bonds is 1. The normalized spacial score (nSPS) is 10.9. The molecule has 2 nitrogen and oxygen atoms in total. The number of halogens is 1. The highest BCUT2D eigenvalue weighted by Gasteiger charge is 1.97. The van der Waals surface area contributed by atoms with Crippen LogP contribution in [0, 0.1) is 0 Å². The zero-order valence-electron chi connectivity index (χ0n) is 4.97. The van der Waals surface area contributed by atoms with E-state index in [4.69, 9.17) is 16.0 Å². The van der Waals surface area contributed by atoms with Crippen LogP contribution in [0.5, 0.6) is 0 Å². The quantitative estimate of drug-likeness (QED) is 0.603. The van der Waals surface area contributed by atoms with E-state index in [1.807, 2.05) is 13.0 Å². The molecule has 0 atom stereocenters. The summed E-state index contributed by atoms with van der Waals surface area (Å²) < 4.78 is 4.72. The van der Waals surface area contributed by atoms with Gasteiger partial charge in [0.15, 0.2) is 6.39 Å². The van der Waals surface area contributed by atoms with Crippen molar-refractivity contribution in [2.75, 3.05) is 0 Å². The maximum absolute atomic E-state index is 5.54. The summed E-state index contributed by atoms with van der Waals surface area (Å²) in [6.45, 7) is 1.89. The molecule has 0 aliphatic carbocycles. The highest BCUT2D eigenvalue weighted by atomic mass is 35.5. The Hall–Kier alpha value is -0.760. The van der Waals surface area contributed by atoms with E-state index < -0.39 is 0 Å². The molecule has 0 bridgehead atoms. The molecular weight excluding hydrogens is 138 g/mol. The van der Waals surface area contributed by atoms with Crippen molar-refractivity contribution < 1.29 is 4.42 Å². The second-order valence-corrected chi connectivity index (χ2v) is 1.85. The Bertz CT molecular complexity index is 217. The molecule has 0 unspecified atom stereocenters. The van der Waals surface area contributed by atoms with E-state index in [0.29, 0.717) is 10.9 Å². The molecule has 0 saturated heterocycles. The van der Waals surface area contributed by atoms with Gasteiger partial charge < -0.3 is 4.42 Å². The second kappa shape index (κ2) is 2.69. The maximum atomic E-state index is 5.54. The lowest BCUT2D eigenvalue weighted by Gasteiger charge is -1.78. The second-order valence-electron chi connectivity index (χ2n) is 1.51. The molecule has 1 aromatic rings. The van der Waals surface area contributed by atoms with Crippen molar-refractivity contribution in [1.82, 2.24) is 4.98 Å². The maximum Gasteiger partial charge on any atom is 0.220 e.